The molecule has 0 unspecified atom stereocenters. The van der Waals surface area contributed by atoms with Gasteiger partial charge >= 0.3 is 5.97 Å². The molecule has 26 heavy (non-hydrogen) atoms. The number of ether oxygens (including phenoxy) is 1. The van der Waals surface area contributed by atoms with Crippen LogP contribution in [0.2, 0.25) is 0 Å². The highest BCUT2D eigenvalue weighted by Gasteiger charge is 2.15. The molecule has 1 heterocycles. The lowest BCUT2D eigenvalue weighted by Crippen LogP contribution is -2.08. The van der Waals surface area contributed by atoms with E-state index in [2.05, 4.69) is 15.2 Å². The van der Waals surface area contributed by atoms with Crippen molar-refractivity contribution >= 4 is 28.0 Å². The fraction of sp³-hybridized carbons (Fsp3) is 0.111. The molecule has 3 rings (SSSR count). The monoisotopic (exact) mass is 371 g/mol. The van der Waals surface area contributed by atoms with Gasteiger partial charge in [-0.1, -0.05) is 23.5 Å². The molecule has 0 amide bonds. The minimum atomic E-state index is -0.766. The zero-order valence-electron chi connectivity index (χ0n) is 13.9. The van der Waals surface area contributed by atoms with Crippen LogP contribution in [-0.2, 0) is 0 Å². The Bertz CT molecular complexity index is 978. The Kier molecular flexibility index (Phi) is 5.04. The molecular formula is C18H14FN3O3S. The summed E-state index contributed by atoms with van der Waals surface area (Å²) in [6.07, 6.45) is 1.38. The Labute approximate surface area is 152 Å². The predicted molar refractivity (Wildman–Crippen MR) is 95.2 cm³/mol. The second-order valence-electron chi connectivity index (χ2n) is 5.45. The molecule has 0 aliphatic carbocycles. The number of hydrogen-bond acceptors (Lipinski definition) is 7. The van der Waals surface area contributed by atoms with Crippen LogP contribution < -0.4 is 4.74 Å². The van der Waals surface area contributed by atoms with Crippen LogP contribution in [-0.4, -0.2) is 16.1 Å². The Morgan fingerprint density at radius 1 is 1.19 bits per heavy atom. The number of rotatable bonds is 4. The number of halogens is 1. The van der Waals surface area contributed by atoms with Crippen molar-refractivity contribution in [1.29, 1.82) is 0 Å². The Morgan fingerprint density at radius 2 is 1.88 bits per heavy atom. The van der Waals surface area contributed by atoms with Crippen molar-refractivity contribution in [1.82, 2.24) is 4.98 Å². The first-order valence-electron chi connectivity index (χ1n) is 7.58. The quantitative estimate of drug-likeness (QED) is 0.386. The summed E-state index contributed by atoms with van der Waals surface area (Å²) in [5.41, 5.74) is 1.96. The number of aryl methyl sites for hydroxylation is 2. The Balaban J connectivity index is 1.73. The van der Waals surface area contributed by atoms with Gasteiger partial charge in [-0.05, 0) is 49.2 Å². The lowest BCUT2D eigenvalue weighted by molar-refractivity contribution is 0.0727. The molecule has 0 saturated carbocycles. The van der Waals surface area contributed by atoms with Gasteiger partial charge in [0.1, 0.15) is 5.75 Å². The number of para-hydroxylation sites is 1. The molecule has 0 fully saturated rings. The standard InChI is InChI=1S/C18H14FN3O3S/c1-10-7-12(8-11(2)16(10)23)21-22-15-9-20-17(26-15)18(24)25-14-6-4-3-5-13(14)19/h3-9,23H,1-2H3. The first-order valence-corrected chi connectivity index (χ1v) is 8.40. The number of nitrogens with zero attached hydrogens (tertiary/aromatic N) is 3. The van der Waals surface area contributed by atoms with Crippen molar-refractivity contribution in [2.45, 2.75) is 13.8 Å². The van der Waals surface area contributed by atoms with Crippen LogP contribution in [0.4, 0.5) is 15.1 Å². The van der Waals surface area contributed by atoms with E-state index in [0.29, 0.717) is 21.8 Å². The second-order valence-corrected chi connectivity index (χ2v) is 6.46. The van der Waals surface area contributed by atoms with Crippen molar-refractivity contribution in [3.63, 3.8) is 0 Å². The summed E-state index contributed by atoms with van der Waals surface area (Å²) in [7, 11) is 0. The number of hydrogen-bond donors (Lipinski definition) is 1. The predicted octanol–water partition coefficient (Wildman–Crippen LogP) is 5.24. The average molecular weight is 371 g/mol. The summed E-state index contributed by atoms with van der Waals surface area (Å²) in [6.45, 7) is 3.54. The SMILES string of the molecule is Cc1cc(N=Nc2cnc(C(=O)Oc3ccccc3F)s2)cc(C)c1O. The highest BCUT2D eigenvalue weighted by atomic mass is 32.1. The van der Waals surface area contributed by atoms with E-state index in [1.165, 1.54) is 24.4 Å². The van der Waals surface area contributed by atoms with Crippen LogP contribution in [0.15, 0.2) is 52.8 Å². The molecule has 8 heteroatoms. The summed E-state index contributed by atoms with van der Waals surface area (Å²) in [4.78, 5) is 16.0. The minimum absolute atomic E-state index is 0.0419. The topological polar surface area (TPSA) is 84.1 Å². The van der Waals surface area contributed by atoms with E-state index >= 15 is 0 Å². The number of phenolic OH excluding ortho intramolecular Hbond substituents is 1. The van der Waals surface area contributed by atoms with Gasteiger partial charge in [0.15, 0.2) is 16.6 Å². The third kappa shape index (κ3) is 3.92. The molecule has 1 aromatic heterocycles. The number of azo groups is 1. The number of carbonyl (C=O) groups is 1. The summed E-state index contributed by atoms with van der Waals surface area (Å²) in [6, 6.07) is 9.01. The fourth-order valence-corrected chi connectivity index (χ4v) is 2.79. The molecule has 0 saturated heterocycles. The first-order chi connectivity index (χ1) is 12.4. The van der Waals surface area contributed by atoms with Gasteiger partial charge in [-0.15, -0.1) is 10.2 Å². The zero-order chi connectivity index (χ0) is 18.7. The normalized spacial score (nSPS) is 11.0. The van der Waals surface area contributed by atoms with E-state index in [1.807, 2.05) is 0 Å². The number of phenols is 1. The maximum Gasteiger partial charge on any atom is 0.373 e. The summed E-state index contributed by atoms with van der Waals surface area (Å²) < 4.78 is 18.5. The fourth-order valence-electron chi connectivity index (χ4n) is 2.18. The van der Waals surface area contributed by atoms with Crippen molar-refractivity contribution in [2.24, 2.45) is 10.2 Å². The molecule has 0 aliphatic heterocycles. The summed E-state index contributed by atoms with van der Waals surface area (Å²) in [5.74, 6) is -1.33. The van der Waals surface area contributed by atoms with Gasteiger partial charge in [0.25, 0.3) is 0 Å². The average Bonchev–Trinajstić information content (AvgIpc) is 3.09. The number of thiazole rings is 1. The Hall–Kier alpha value is -3.13. The maximum absolute atomic E-state index is 13.5. The third-order valence-electron chi connectivity index (χ3n) is 3.45. The van der Waals surface area contributed by atoms with Crippen LogP contribution in [0.5, 0.6) is 11.5 Å². The van der Waals surface area contributed by atoms with Crippen molar-refractivity contribution in [3.05, 3.63) is 64.5 Å². The third-order valence-corrected chi connectivity index (χ3v) is 4.31. The van der Waals surface area contributed by atoms with E-state index < -0.39 is 11.8 Å². The van der Waals surface area contributed by atoms with Crippen LogP contribution in [0.1, 0.15) is 20.9 Å². The molecule has 0 aliphatic rings. The highest BCUT2D eigenvalue weighted by Crippen LogP contribution is 2.30. The van der Waals surface area contributed by atoms with E-state index in [9.17, 15) is 14.3 Å². The molecule has 0 spiro atoms. The zero-order valence-corrected chi connectivity index (χ0v) is 14.7. The molecule has 0 radical (unpaired) electrons. The van der Waals surface area contributed by atoms with Crippen LogP contribution in [0, 0.1) is 19.7 Å². The number of carbonyl (C=O) groups excluding carboxylic acids is 1. The molecule has 0 bridgehead atoms. The van der Waals surface area contributed by atoms with Crippen LogP contribution in [0.25, 0.3) is 0 Å². The molecule has 3 aromatic rings. The Morgan fingerprint density at radius 3 is 2.58 bits per heavy atom. The molecular weight excluding hydrogens is 357 g/mol. The summed E-state index contributed by atoms with van der Waals surface area (Å²) in [5, 5.41) is 18.3. The number of benzene rings is 2. The molecule has 0 atom stereocenters. The number of aromatic hydroxyl groups is 1. The van der Waals surface area contributed by atoms with Crippen LogP contribution in [0.3, 0.4) is 0 Å². The minimum Gasteiger partial charge on any atom is -0.507 e. The van der Waals surface area contributed by atoms with Gasteiger partial charge in [0.2, 0.25) is 5.01 Å². The molecule has 1 N–H and O–H groups in total. The number of esters is 1. The van der Waals surface area contributed by atoms with Gasteiger partial charge in [-0.3, -0.25) is 0 Å². The van der Waals surface area contributed by atoms with Crippen LogP contribution >= 0.6 is 11.3 Å². The highest BCUT2D eigenvalue weighted by molar-refractivity contribution is 7.17. The molecule has 2 aromatic carbocycles. The largest absolute Gasteiger partial charge is 0.507 e. The molecule has 132 valence electrons. The number of aromatic nitrogens is 1. The van der Waals surface area contributed by atoms with Gasteiger partial charge in [-0.2, -0.15) is 0 Å². The molecule has 6 nitrogen and oxygen atoms in total. The van der Waals surface area contributed by atoms with Gasteiger partial charge in [-0.25, -0.2) is 14.2 Å². The van der Waals surface area contributed by atoms with Gasteiger partial charge < -0.3 is 9.84 Å². The van der Waals surface area contributed by atoms with E-state index in [-0.39, 0.29) is 16.5 Å². The first kappa shape index (κ1) is 17.7. The lowest BCUT2D eigenvalue weighted by atomic mass is 10.1. The smallest absolute Gasteiger partial charge is 0.373 e. The van der Waals surface area contributed by atoms with Gasteiger partial charge in [0, 0.05) is 0 Å². The van der Waals surface area contributed by atoms with Crippen molar-refractivity contribution in [2.75, 3.05) is 0 Å². The lowest BCUT2D eigenvalue weighted by Gasteiger charge is -2.03. The maximum atomic E-state index is 13.5. The van der Waals surface area contributed by atoms with E-state index in [1.54, 1.807) is 32.0 Å². The van der Waals surface area contributed by atoms with Crippen molar-refractivity contribution in [3.8, 4) is 11.5 Å². The van der Waals surface area contributed by atoms with E-state index in [0.717, 1.165) is 11.3 Å². The van der Waals surface area contributed by atoms with E-state index in [4.69, 9.17) is 4.74 Å². The second kappa shape index (κ2) is 7.40. The van der Waals surface area contributed by atoms with Gasteiger partial charge in [0.05, 0.1) is 11.9 Å². The summed E-state index contributed by atoms with van der Waals surface area (Å²) >= 11 is 0.979. The van der Waals surface area contributed by atoms with Crippen molar-refractivity contribution < 1.29 is 19.0 Å².